The Morgan fingerprint density at radius 1 is 1.19 bits per heavy atom. The second-order valence-electron chi connectivity index (χ2n) is 5.79. The van der Waals surface area contributed by atoms with Gasteiger partial charge in [-0.25, -0.2) is 8.78 Å². The number of hydrogen-bond donors (Lipinski definition) is 2. The summed E-state index contributed by atoms with van der Waals surface area (Å²) in [5, 5.41) is 6.24. The van der Waals surface area contributed by atoms with Crippen LogP contribution in [0.25, 0.3) is 0 Å². The van der Waals surface area contributed by atoms with Crippen molar-refractivity contribution in [2.75, 3.05) is 26.7 Å². The minimum Gasteiger partial charge on any atom is -0.468 e. The minimum atomic E-state index is -0.467. The molecule has 0 spiro atoms. The molecule has 2 aromatic rings. The lowest BCUT2D eigenvalue weighted by molar-refractivity contribution is 0.193. The molecule has 2 rings (SSSR count). The van der Waals surface area contributed by atoms with Crippen LogP contribution in [0, 0.1) is 11.6 Å². The van der Waals surface area contributed by atoms with Crippen LogP contribution in [0.5, 0.6) is 0 Å². The maximum atomic E-state index is 13.7. The van der Waals surface area contributed by atoms with Gasteiger partial charge in [-0.2, -0.15) is 0 Å². The van der Waals surface area contributed by atoms with E-state index in [1.165, 1.54) is 6.07 Å². The summed E-state index contributed by atoms with van der Waals surface area (Å²) in [5.41, 5.74) is 0.249. The number of guanidine groups is 1. The lowest BCUT2D eigenvalue weighted by Crippen LogP contribution is -2.43. The van der Waals surface area contributed by atoms with Gasteiger partial charge in [-0.15, -0.1) is 0 Å². The third-order valence-corrected chi connectivity index (χ3v) is 4.27. The summed E-state index contributed by atoms with van der Waals surface area (Å²) < 4.78 is 32.6. The summed E-state index contributed by atoms with van der Waals surface area (Å²) in [6, 6.07) is 7.26. The molecule has 0 aliphatic heterocycles. The third kappa shape index (κ3) is 5.29. The Morgan fingerprint density at radius 3 is 2.58 bits per heavy atom. The third-order valence-electron chi connectivity index (χ3n) is 4.27. The highest BCUT2D eigenvalue weighted by atomic mass is 19.1. The van der Waals surface area contributed by atoms with Gasteiger partial charge >= 0.3 is 0 Å². The predicted molar refractivity (Wildman–Crippen MR) is 98.9 cm³/mol. The first-order valence-corrected chi connectivity index (χ1v) is 8.74. The summed E-state index contributed by atoms with van der Waals surface area (Å²) in [4.78, 5) is 6.42. The quantitative estimate of drug-likeness (QED) is 0.557. The number of benzene rings is 1. The minimum absolute atomic E-state index is 0.0458. The van der Waals surface area contributed by atoms with Gasteiger partial charge in [-0.3, -0.25) is 9.89 Å². The van der Waals surface area contributed by atoms with Crippen molar-refractivity contribution < 1.29 is 13.2 Å². The fourth-order valence-corrected chi connectivity index (χ4v) is 2.83. The maximum absolute atomic E-state index is 13.7. The van der Waals surface area contributed by atoms with Crippen LogP contribution in [0.4, 0.5) is 8.78 Å². The smallest absolute Gasteiger partial charge is 0.191 e. The summed E-state index contributed by atoms with van der Waals surface area (Å²) in [5.74, 6) is 0.460. The van der Waals surface area contributed by atoms with Crippen molar-refractivity contribution in [3.63, 3.8) is 0 Å². The van der Waals surface area contributed by atoms with E-state index in [0.717, 1.165) is 31.0 Å². The highest BCUT2D eigenvalue weighted by Gasteiger charge is 2.20. The number of nitrogens with one attached hydrogen (secondary N) is 2. The molecule has 0 aliphatic rings. The van der Waals surface area contributed by atoms with Crippen LogP contribution in [0.3, 0.4) is 0 Å². The highest BCUT2D eigenvalue weighted by Crippen LogP contribution is 2.20. The first-order chi connectivity index (χ1) is 12.6. The van der Waals surface area contributed by atoms with Crippen molar-refractivity contribution in [1.82, 2.24) is 15.5 Å². The largest absolute Gasteiger partial charge is 0.468 e. The van der Waals surface area contributed by atoms with Gasteiger partial charge in [0.15, 0.2) is 5.96 Å². The van der Waals surface area contributed by atoms with Gasteiger partial charge in [-0.05, 0) is 43.4 Å². The second kappa shape index (κ2) is 9.91. The average molecular weight is 364 g/mol. The van der Waals surface area contributed by atoms with Crippen molar-refractivity contribution in [3.8, 4) is 0 Å². The molecule has 1 aromatic heterocycles. The van der Waals surface area contributed by atoms with Crippen molar-refractivity contribution in [1.29, 1.82) is 0 Å². The van der Waals surface area contributed by atoms with Crippen LogP contribution >= 0.6 is 0 Å². The molecule has 7 heteroatoms. The lowest BCUT2D eigenvalue weighted by atomic mass is 10.2. The molecule has 1 atom stereocenters. The first kappa shape index (κ1) is 19.9. The predicted octanol–water partition coefficient (Wildman–Crippen LogP) is 3.31. The van der Waals surface area contributed by atoms with E-state index in [9.17, 15) is 8.78 Å². The van der Waals surface area contributed by atoms with Crippen LogP contribution in [-0.2, 0) is 6.54 Å². The number of nitrogens with zero attached hydrogens (tertiary/aromatic N) is 2. The number of rotatable bonds is 8. The molecule has 0 saturated carbocycles. The van der Waals surface area contributed by atoms with Crippen LogP contribution in [0.1, 0.15) is 31.2 Å². The number of halogens is 2. The molecule has 5 nitrogen and oxygen atoms in total. The first-order valence-electron chi connectivity index (χ1n) is 8.74. The van der Waals surface area contributed by atoms with Crippen LogP contribution < -0.4 is 10.6 Å². The topological polar surface area (TPSA) is 52.8 Å². The normalized spacial score (nSPS) is 13.1. The number of likely N-dealkylation sites (N-methyl/N-ethyl adjacent to an activating group) is 1. The molecule has 26 heavy (non-hydrogen) atoms. The number of furan rings is 1. The maximum Gasteiger partial charge on any atom is 0.191 e. The molecule has 1 unspecified atom stereocenters. The summed E-state index contributed by atoms with van der Waals surface area (Å²) in [6.07, 6.45) is 1.66. The van der Waals surface area contributed by atoms with E-state index in [-0.39, 0.29) is 18.2 Å². The van der Waals surface area contributed by atoms with Gasteiger partial charge in [0.05, 0.1) is 12.3 Å². The molecule has 0 amide bonds. The summed E-state index contributed by atoms with van der Waals surface area (Å²) in [6.45, 7) is 6.66. The van der Waals surface area contributed by atoms with Gasteiger partial charge in [0, 0.05) is 25.7 Å². The van der Waals surface area contributed by atoms with E-state index in [1.807, 2.05) is 12.1 Å². The van der Waals surface area contributed by atoms with Crippen molar-refractivity contribution >= 4 is 5.96 Å². The van der Waals surface area contributed by atoms with Crippen LogP contribution in [0.2, 0.25) is 0 Å². The van der Waals surface area contributed by atoms with E-state index in [1.54, 1.807) is 13.3 Å². The zero-order valence-corrected chi connectivity index (χ0v) is 15.4. The lowest BCUT2D eigenvalue weighted by Gasteiger charge is -2.28. The van der Waals surface area contributed by atoms with Crippen LogP contribution in [0.15, 0.2) is 46.0 Å². The number of aliphatic imine (C=N–C) groups is 1. The van der Waals surface area contributed by atoms with Crippen molar-refractivity contribution in [2.45, 2.75) is 26.4 Å². The van der Waals surface area contributed by atoms with Gasteiger partial charge in [-0.1, -0.05) is 13.8 Å². The molecular formula is C19H26F2N4O. The van der Waals surface area contributed by atoms with Crippen molar-refractivity contribution in [3.05, 3.63) is 59.6 Å². The molecule has 0 aliphatic carbocycles. The number of hydrogen-bond acceptors (Lipinski definition) is 3. The van der Waals surface area contributed by atoms with Gasteiger partial charge < -0.3 is 15.1 Å². The van der Waals surface area contributed by atoms with E-state index in [4.69, 9.17) is 4.42 Å². The standard InChI is InChI=1S/C19H26F2N4O/c1-4-25(5-2)17(18-7-6-10-26-18)13-24-19(22-3)23-12-14-11-15(20)8-9-16(14)21/h6-11,17H,4-5,12-13H2,1-3H3,(H2,22,23,24). The van der Waals surface area contributed by atoms with E-state index in [2.05, 4.69) is 34.4 Å². The molecule has 0 bridgehead atoms. The molecule has 0 fully saturated rings. The zero-order valence-electron chi connectivity index (χ0n) is 15.4. The van der Waals surface area contributed by atoms with Gasteiger partial charge in [0.25, 0.3) is 0 Å². The van der Waals surface area contributed by atoms with Crippen LogP contribution in [-0.4, -0.2) is 37.5 Å². The Morgan fingerprint density at radius 2 is 1.96 bits per heavy atom. The molecular weight excluding hydrogens is 338 g/mol. The molecule has 2 N–H and O–H groups in total. The second-order valence-corrected chi connectivity index (χ2v) is 5.79. The van der Waals surface area contributed by atoms with E-state index in [0.29, 0.717) is 12.5 Å². The molecule has 142 valence electrons. The Labute approximate surface area is 153 Å². The summed E-state index contributed by atoms with van der Waals surface area (Å²) >= 11 is 0. The Kier molecular flexibility index (Phi) is 7.59. The Bertz CT molecular complexity index is 700. The molecule has 0 saturated heterocycles. The average Bonchev–Trinajstić information content (AvgIpc) is 3.18. The van der Waals surface area contributed by atoms with Crippen molar-refractivity contribution in [2.24, 2.45) is 4.99 Å². The fourth-order valence-electron chi connectivity index (χ4n) is 2.83. The Balaban J connectivity index is 1.98. The van der Waals surface area contributed by atoms with Gasteiger partial charge in [0.1, 0.15) is 17.4 Å². The zero-order chi connectivity index (χ0) is 18.9. The highest BCUT2D eigenvalue weighted by molar-refractivity contribution is 5.79. The monoisotopic (exact) mass is 364 g/mol. The van der Waals surface area contributed by atoms with Gasteiger partial charge in [0.2, 0.25) is 0 Å². The van der Waals surface area contributed by atoms with E-state index >= 15 is 0 Å². The SMILES string of the molecule is CCN(CC)C(CNC(=NC)NCc1cc(F)ccc1F)c1ccco1. The van der Waals surface area contributed by atoms with E-state index < -0.39 is 11.6 Å². The molecule has 0 radical (unpaired) electrons. The Hall–Kier alpha value is -2.41. The summed E-state index contributed by atoms with van der Waals surface area (Å²) in [7, 11) is 1.64. The molecule has 1 aromatic carbocycles. The fraction of sp³-hybridized carbons (Fsp3) is 0.421. The molecule has 1 heterocycles.